The molecule has 2 aromatic rings. The zero-order valence-corrected chi connectivity index (χ0v) is 22.8. The van der Waals surface area contributed by atoms with Gasteiger partial charge in [-0.3, -0.25) is 4.79 Å². The van der Waals surface area contributed by atoms with Crippen molar-refractivity contribution >= 4 is 39.4 Å². The van der Waals surface area contributed by atoms with E-state index < -0.39 is 52.3 Å². The van der Waals surface area contributed by atoms with Gasteiger partial charge in [0.25, 0.3) is 10.0 Å². The lowest BCUT2D eigenvalue weighted by atomic mass is 10.1. The van der Waals surface area contributed by atoms with Crippen LogP contribution in [-0.4, -0.2) is 97.5 Å². The minimum atomic E-state index is -4.58. The fourth-order valence-corrected chi connectivity index (χ4v) is 7.22. The van der Waals surface area contributed by atoms with Gasteiger partial charge in [-0.25, -0.2) is 22.5 Å². The number of amides is 3. The van der Waals surface area contributed by atoms with Crippen molar-refractivity contribution in [2.75, 3.05) is 50.8 Å². The van der Waals surface area contributed by atoms with Crippen molar-refractivity contribution in [3.05, 3.63) is 53.2 Å². The molecule has 3 aliphatic heterocycles. The van der Waals surface area contributed by atoms with Crippen LogP contribution in [0.1, 0.15) is 18.4 Å². The molecule has 0 bridgehead atoms. The molecule has 0 spiro atoms. The molecule has 4 heterocycles. The Morgan fingerprint density at radius 2 is 1.70 bits per heavy atom. The van der Waals surface area contributed by atoms with E-state index in [-0.39, 0.29) is 41.9 Å². The molecular formula is C25H27ClF3N5O5S. The summed E-state index contributed by atoms with van der Waals surface area (Å²) in [6, 6.07) is 5.61. The molecule has 1 atom stereocenters. The number of carbonyl (C=O) groups is 2. The van der Waals surface area contributed by atoms with Gasteiger partial charge in [-0.15, -0.1) is 0 Å². The summed E-state index contributed by atoms with van der Waals surface area (Å²) in [6.45, 7) is 0.651. The molecule has 0 unspecified atom stereocenters. The molecule has 216 valence electrons. The van der Waals surface area contributed by atoms with E-state index in [0.29, 0.717) is 30.4 Å². The van der Waals surface area contributed by atoms with Crippen LogP contribution in [0.2, 0.25) is 5.02 Å². The summed E-state index contributed by atoms with van der Waals surface area (Å²) in [6.07, 6.45) is -2.43. The highest BCUT2D eigenvalue weighted by atomic mass is 35.5. The van der Waals surface area contributed by atoms with Gasteiger partial charge in [0.2, 0.25) is 5.91 Å². The Morgan fingerprint density at radius 3 is 2.35 bits per heavy atom. The molecule has 3 saturated heterocycles. The Bertz CT molecular complexity index is 1380. The van der Waals surface area contributed by atoms with E-state index in [4.69, 9.17) is 16.3 Å². The lowest BCUT2D eigenvalue weighted by molar-refractivity contribution is -0.138. The number of sulfonamides is 1. The Kier molecular flexibility index (Phi) is 7.86. The van der Waals surface area contributed by atoms with Gasteiger partial charge in [0, 0.05) is 51.6 Å². The van der Waals surface area contributed by atoms with Crippen LogP contribution >= 0.6 is 11.6 Å². The number of anilines is 1. The van der Waals surface area contributed by atoms with Gasteiger partial charge in [0.05, 0.1) is 17.1 Å². The fraction of sp³-hybridized carbons (Fsp3) is 0.480. The van der Waals surface area contributed by atoms with Crippen molar-refractivity contribution in [2.24, 2.45) is 0 Å². The monoisotopic (exact) mass is 601 g/mol. The number of benzene rings is 1. The van der Waals surface area contributed by atoms with Gasteiger partial charge in [-0.1, -0.05) is 23.7 Å². The summed E-state index contributed by atoms with van der Waals surface area (Å²) < 4.78 is 73.6. The maximum Gasteiger partial charge on any atom is 0.419 e. The van der Waals surface area contributed by atoms with Crippen LogP contribution in [0.3, 0.4) is 0 Å². The van der Waals surface area contributed by atoms with E-state index in [1.54, 1.807) is 6.07 Å². The number of hydrogen-bond acceptors (Lipinski definition) is 7. The first-order valence-corrected chi connectivity index (χ1v) is 14.5. The summed E-state index contributed by atoms with van der Waals surface area (Å²) in [4.78, 5) is 35.3. The third kappa shape index (κ3) is 5.31. The normalized spacial score (nSPS) is 21.3. The molecule has 0 saturated carbocycles. The lowest BCUT2D eigenvalue weighted by Crippen LogP contribution is -2.57. The van der Waals surface area contributed by atoms with Gasteiger partial charge in [-0.05, 0) is 37.1 Å². The molecule has 0 aliphatic carbocycles. The number of carbonyl (C=O) groups excluding carboxylic acids is 2. The molecule has 3 aliphatic rings. The van der Waals surface area contributed by atoms with Gasteiger partial charge in [-0.2, -0.15) is 13.2 Å². The minimum Gasteiger partial charge on any atom is -0.381 e. The number of aromatic nitrogens is 1. The Balaban J connectivity index is 1.37. The number of urea groups is 1. The van der Waals surface area contributed by atoms with Crippen molar-refractivity contribution in [2.45, 2.75) is 36.0 Å². The van der Waals surface area contributed by atoms with Gasteiger partial charge in [0.1, 0.15) is 16.8 Å². The summed E-state index contributed by atoms with van der Waals surface area (Å²) in [5, 5.41) is -0.0495. The number of piperazine rings is 1. The van der Waals surface area contributed by atoms with E-state index in [2.05, 4.69) is 4.98 Å². The number of ether oxygens (including phenoxy) is 1. The summed E-state index contributed by atoms with van der Waals surface area (Å²) in [5.41, 5.74) is -0.859. The molecule has 5 rings (SSSR count). The topological polar surface area (TPSA) is 103 Å². The summed E-state index contributed by atoms with van der Waals surface area (Å²) in [7, 11) is -4.37. The zero-order chi connectivity index (χ0) is 28.7. The van der Waals surface area contributed by atoms with Gasteiger partial charge in [0.15, 0.2) is 0 Å². The van der Waals surface area contributed by atoms with Crippen LogP contribution in [-0.2, 0) is 25.7 Å². The average Bonchev–Trinajstić information content (AvgIpc) is 3.30. The SMILES string of the molecule is O=C([C@@H]1CN(S(=O)(=O)c2ccccc2Cl)C(=O)N1C1CCOCC1)N1CCN(c2ncccc2C(F)(F)F)CC1. The van der Waals surface area contributed by atoms with Crippen LogP contribution in [0.5, 0.6) is 0 Å². The van der Waals surface area contributed by atoms with Crippen molar-refractivity contribution in [3.63, 3.8) is 0 Å². The predicted molar refractivity (Wildman–Crippen MR) is 138 cm³/mol. The number of hydrogen-bond donors (Lipinski definition) is 0. The number of pyridine rings is 1. The number of halogens is 4. The molecule has 3 amide bonds. The Morgan fingerprint density at radius 1 is 1.02 bits per heavy atom. The third-order valence-corrected chi connectivity index (χ3v) is 9.60. The fourth-order valence-electron chi connectivity index (χ4n) is 5.35. The van der Waals surface area contributed by atoms with Crippen LogP contribution in [0, 0.1) is 0 Å². The molecular weight excluding hydrogens is 575 g/mol. The number of nitrogens with zero attached hydrogens (tertiary/aromatic N) is 5. The second-order valence-electron chi connectivity index (χ2n) is 9.70. The molecule has 40 heavy (non-hydrogen) atoms. The molecule has 0 N–H and O–H groups in total. The summed E-state index contributed by atoms with van der Waals surface area (Å²) >= 11 is 6.14. The first-order chi connectivity index (χ1) is 19.0. The van der Waals surface area contributed by atoms with Crippen molar-refractivity contribution in [3.8, 4) is 0 Å². The van der Waals surface area contributed by atoms with E-state index in [0.717, 1.165) is 6.07 Å². The van der Waals surface area contributed by atoms with Gasteiger partial charge < -0.3 is 19.4 Å². The minimum absolute atomic E-state index is 0.0495. The molecule has 15 heteroatoms. The highest BCUT2D eigenvalue weighted by Crippen LogP contribution is 2.36. The highest BCUT2D eigenvalue weighted by molar-refractivity contribution is 7.89. The van der Waals surface area contributed by atoms with Crippen LogP contribution in [0.25, 0.3) is 0 Å². The van der Waals surface area contributed by atoms with E-state index >= 15 is 0 Å². The van der Waals surface area contributed by atoms with Crippen LogP contribution < -0.4 is 4.90 Å². The highest BCUT2D eigenvalue weighted by Gasteiger charge is 2.51. The van der Waals surface area contributed by atoms with Crippen molar-refractivity contribution < 1.29 is 35.9 Å². The molecule has 10 nitrogen and oxygen atoms in total. The average molecular weight is 602 g/mol. The predicted octanol–water partition coefficient (Wildman–Crippen LogP) is 3.08. The molecule has 1 aromatic carbocycles. The molecule has 3 fully saturated rings. The molecule has 0 radical (unpaired) electrons. The smallest absolute Gasteiger partial charge is 0.381 e. The number of alkyl halides is 3. The third-order valence-electron chi connectivity index (χ3n) is 7.37. The second-order valence-corrected chi connectivity index (χ2v) is 11.9. The Hall–Kier alpha value is -3.10. The maximum absolute atomic E-state index is 13.8. The van der Waals surface area contributed by atoms with E-state index in [1.807, 2.05) is 0 Å². The molecule has 1 aromatic heterocycles. The largest absolute Gasteiger partial charge is 0.419 e. The van der Waals surface area contributed by atoms with E-state index in [9.17, 15) is 31.2 Å². The maximum atomic E-state index is 13.8. The lowest BCUT2D eigenvalue weighted by Gasteiger charge is -2.39. The first kappa shape index (κ1) is 28.4. The summed E-state index contributed by atoms with van der Waals surface area (Å²) in [5.74, 6) is -0.674. The zero-order valence-electron chi connectivity index (χ0n) is 21.3. The van der Waals surface area contributed by atoms with Gasteiger partial charge >= 0.3 is 12.2 Å². The first-order valence-electron chi connectivity index (χ1n) is 12.7. The van der Waals surface area contributed by atoms with Crippen molar-refractivity contribution in [1.82, 2.24) is 19.1 Å². The van der Waals surface area contributed by atoms with Crippen LogP contribution in [0.15, 0.2) is 47.5 Å². The second kappa shape index (κ2) is 11.1. The standard InChI is InChI=1S/C25H27ClF3N5O5S/c26-19-5-1-2-6-21(19)40(37,38)33-16-20(34(24(33)36)17-7-14-39-15-8-17)23(35)32-12-10-31(11-13-32)22-18(25(27,28)29)4-3-9-30-22/h1-6,9,17,20H,7-8,10-16H2/t20-/m0/s1. The Labute approximate surface area is 234 Å². The number of rotatable bonds is 5. The van der Waals surface area contributed by atoms with E-state index in [1.165, 1.54) is 45.2 Å². The van der Waals surface area contributed by atoms with Crippen molar-refractivity contribution in [1.29, 1.82) is 0 Å². The van der Waals surface area contributed by atoms with Crippen LogP contribution in [0.4, 0.5) is 23.8 Å². The quantitative estimate of drug-likeness (QED) is 0.519.